The van der Waals surface area contributed by atoms with E-state index in [1.807, 2.05) is 17.9 Å². The van der Waals surface area contributed by atoms with Gasteiger partial charge in [-0.05, 0) is 43.0 Å². The first-order valence-electron chi connectivity index (χ1n) is 7.11. The van der Waals surface area contributed by atoms with E-state index >= 15 is 0 Å². The minimum atomic E-state index is -0.227. The van der Waals surface area contributed by atoms with E-state index in [1.54, 1.807) is 12.1 Å². The van der Waals surface area contributed by atoms with Crippen LogP contribution in [0.15, 0.2) is 29.4 Å². The van der Waals surface area contributed by atoms with Crippen molar-refractivity contribution in [1.29, 1.82) is 0 Å². The van der Waals surface area contributed by atoms with E-state index in [2.05, 4.69) is 13.8 Å². The maximum atomic E-state index is 12.5. The zero-order valence-electron chi connectivity index (χ0n) is 12.3. The molecule has 1 aromatic rings. The first kappa shape index (κ1) is 15.2. The fourth-order valence-electron chi connectivity index (χ4n) is 2.84. The van der Waals surface area contributed by atoms with Gasteiger partial charge in [-0.25, -0.2) is 0 Å². The van der Waals surface area contributed by atoms with Crippen LogP contribution in [0.3, 0.4) is 0 Å². The van der Waals surface area contributed by atoms with E-state index < -0.39 is 0 Å². The Balaban J connectivity index is 2.00. The van der Waals surface area contributed by atoms with Crippen molar-refractivity contribution < 1.29 is 9.52 Å². The molecule has 0 spiro atoms. The van der Waals surface area contributed by atoms with Gasteiger partial charge in [-0.1, -0.05) is 13.8 Å². The number of aromatic nitrogens is 1. The minimum absolute atomic E-state index is 0.136. The van der Waals surface area contributed by atoms with Crippen molar-refractivity contribution in [2.24, 2.45) is 11.8 Å². The molecule has 1 aliphatic rings. The Hall–Kier alpha value is -1.23. The van der Waals surface area contributed by atoms with Crippen molar-refractivity contribution in [2.45, 2.75) is 37.5 Å². The highest BCUT2D eigenvalue weighted by Crippen LogP contribution is 2.26. The molecule has 0 unspecified atom stereocenters. The number of pyridine rings is 1. The first-order chi connectivity index (χ1) is 9.47. The van der Waals surface area contributed by atoms with Gasteiger partial charge < -0.3 is 10.1 Å². The van der Waals surface area contributed by atoms with Gasteiger partial charge in [0, 0.05) is 25.2 Å². The molecule has 1 fully saturated rings. The van der Waals surface area contributed by atoms with Crippen LogP contribution >= 0.6 is 11.8 Å². The summed E-state index contributed by atoms with van der Waals surface area (Å²) in [6.45, 7) is 7.93. The second-order valence-electron chi connectivity index (χ2n) is 5.81. The summed E-state index contributed by atoms with van der Waals surface area (Å²) in [5.41, 5.74) is 0. The monoisotopic (exact) mass is 294 g/mol. The Labute approximate surface area is 124 Å². The number of carbonyl (C=O) groups excluding carboxylic acids is 1. The van der Waals surface area contributed by atoms with E-state index in [9.17, 15) is 10.0 Å². The molecule has 1 aliphatic heterocycles. The van der Waals surface area contributed by atoms with Crippen LogP contribution in [0.5, 0.6) is 0 Å². The second-order valence-corrected chi connectivity index (χ2v) is 7.18. The van der Waals surface area contributed by atoms with Crippen molar-refractivity contribution in [3.8, 4) is 0 Å². The second kappa shape index (κ2) is 6.48. The van der Waals surface area contributed by atoms with Crippen molar-refractivity contribution in [3.63, 3.8) is 0 Å². The molecule has 1 aromatic heterocycles. The summed E-state index contributed by atoms with van der Waals surface area (Å²) < 4.78 is 0.815. The van der Waals surface area contributed by atoms with E-state index in [4.69, 9.17) is 0 Å². The van der Waals surface area contributed by atoms with Gasteiger partial charge in [-0.3, -0.25) is 4.79 Å². The summed E-state index contributed by atoms with van der Waals surface area (Å²) in [6.07, 6.45) is 2.65. The fourth-order valence-corrected chi connectivity index (χ4v) is 3.77. The van der Waals surface area contributed by atoms with Gasteiger partial charge in [-0.2, -0.15) is 4.73 Å². The third kappa shape index (κ3) is 3.66. The smallest absolute Gasteiger partial charge is 0.252 e. The molecule has 3 atom stereocenters. The lowest BCUT2D eigenvalue weighted by atomic mass is 9.92. The van der Waals surface area contributed by atoms with E-state index in [0.29, 0.717) is 16.9 Å². The molecule has 0 aromatic carbocycles. The van der Waals surface area contributed by atoms with Crippen molar-refractivity contribution in [3.05, 3.63) is 29.6 Å². The van der Waals surface area contributed by atoms with Gasteiger partial charge in [0.15, 0.2) is 6.20 Å². The summed E-state index contributed by atoms with van der Waals surface area (Å²) in [5, 5.41) is 12.0. The Morgan fingerprint density at radius 2 is 2.05 bits per heavy atom. The highest BCUT2D eigenvalue weighted by Gasteiger charge is 2.29. The molecule has 110 valence electrons. The van der Waals surface area contributed by atoms with Crippen LogP contribution in [0, 0.1) is 17.0 Å². The van der Waals surface area contributed by atoms with Gasteiger partial charge in [-0.15, -0.1) is 0 Å². The van der Waals surface area contributed by atoms with Gasteiger partial charge in [0.2, 0.25) is 5.91 Å². The van der Waals surface area contributed by atoms with Crippen LogP contribution < -0.4 is 4.73 Å². The predicted molar refractivity (Wildman–Crippen MR) is 80.2 cm³/mol. The summed E-state index contributed by atoms with van der Waals surface area (Å²) in [7, 11) is 0. The van der Waals surface area contributed by atoms with Crippen LogP contribution in [0.25, 0.3) is 0 Å². The summed E-state index contributed by atoms with van der Waals surface area (Å²) in [6, 6.07) is 5.26. The summed E-state index contributed by atoms with van der Waals surface area (Å²) >= 11 is 1.33. The minimum Gasteiger partial charge on any atom is -0.618 e. The maximum Gasteiger partial charge on any atom is 0.252 e. The maximum absolute atomic E-state index is 12.5. The van der Waals surface area contributed by atoms with Crippen LogP contribution in [-0.2, 0) is 4.79 Å². The molecule has 2 rings (SSSR count). The molecular weight excluding hydrogens is 272 g/mol. The number of hydrogen-bond donors (Lipinski definition) is 0. The van der Waals surface area contributed by atoms with Crippen molar-refractivity contribution >= 4 is 17.7 Å². The molecule has 0 N–H and O–H groups in total. The Morgan fingerprint density at radius 1 is 1.40 bits per heavy atom. The third-order valence-corrected chi connectivity index (χ3v) is 4.73. The SMILES string of the molecule is C[C@@H]1C[C@@H](C)CN(C(=O)[C@@H](C)Sc2cccc[n+]2[O-])C1. The van der Waals surface area contributed by atoms with Crippen molar-refractivity contribution in [2.75, 3.05) is 13.1 Å². The predicted octanol–water partition coefficient (Wildman–Crippen LogP) is 2.31. The Kier molecular flexibility index (Phi) is 4.91. The van der Waals surface area contributed by atoms with E-state index in [1.165, 1.54) is 24.4 Å². The third-order valence-electron chi connectivity index (χ3n) is 3.61. The number of carbonyl (C=O) groups is 1. The molecule has 0 saturated carbocycles. The molecule has 0 bridgehead atoms. The number of thioether (sulfide) groups is 1. The molecule has 0 radical (unpaired) electrons. The fraction of sp³-hybridized carbons (Fsp3) is 0.600. The van der Waals surface area contributed by atoms with E-state index in [-0.39, 0.29) is 11.2 Å². The molecule has 5 heteroatoms. The molecule has 1 saturated heterocycles. The lowest BCUT2D eigenvalue weighted by Crippen LogP contribution is -2.45. The molecule has 2 heterocycles. The number of rotatable bonds is 3. The molecule has 4 nitrogen and oxygen atoms in total. The van der Waals surface area contributed by atoms with E-state index in [0.717, 1.165) is 17.8 Å². The highest BCUT2D eigenvalue weighted by molar-refractivity contribution is 8.00. The van der Waals surface area contributed by atoms with Crippen molar-refractivity contribution in [1.82, 2.24) is 4.90 Å². The average Bonchev–Trinajstić information content (AvgIpc) is 2.39. The van der Waals surface area contributed by atoms with Crippen LogP contribution in [0.1, 0.15) is 27.2 Å². The zero-order valence-corrected chi connectivity index (χ0v) is 13.1. The number of nitrogens with zero attached hydrogens (tertiary/aromatic N) is 2. The molecular formula is C15H22N2O2S. The quantitative estimate of drug-likeness (QED) is 0.488. The number of likely N-dealkylation sites (tertiary alicyclic amines) is 1. The summed E-state index contributed by atoms with van der Waals surface area (Å²) in [4.78, 5) is 14.5. The Bertz CT molecular complexity index is 471. The number of piperidine rings is 1. The number of hydrogen-bond acceptors (Lipinski definition) is 3. The molecule has 20 heavy (non-hydrogen) atoms. The lowest BCUT2D eigenvalue weighted by Gasteiger charge is -2.36. The normalized spacial score (nSPS) is 24.4. The van der Waals surface area contributed by atoms with Crippen LogP contribution in [0.4, 0.5) is 0 Å². The van der Waals surface area contributed by atoms with Gasteiger partial charge in [0.05, 0.1) is 5.25 Å². The lowest BCUT2D eigenvalue weighted by molar-refractivity contribution is -0.645. The topological polar surface area (TPSA) is 47.2 Å². The standard InChI is InChI=1S/C15H22N2O2S/c1-11-8-12(2)10-16(9-11)15(18)13(3)20-14-6-4-5-7-17(14)19/h4-7,11-13H,8-10H2,1-3H3/t11-,12-,13-/m1/s1. The number of amides is 1. The first-order valence-corrected chi connectivity index (χ1v) is 7.99. The molecule has 1 amide bonds. The zero-order chi connectivity index (χ0) is 14.7. The van der Waals surface area contributed by atoms with Crippen LogP contribution in [-0.4, -0.2) is 29.1 Å². The van der Waals surface area contributed by atoms with Gasteiger partial charge in [0.1, 0.15) is 0 Å². The largest absolute Gasteiger partial charge is 0.618 e. The van der Waals surface area contributed by atoms with Crippen LogP contribution in [0.2, 0.25) is 0 Å². The Morgan fingerprint density at radius 3 is 2.65 bits per heavy atom. The highest BCUT2D eigenvalue weighted by atomic mass is 32.2. The van der Waals surface area contributed by atoms with Gasteiger partial charge in [0.25, 0.3) is 5.03 Å². The average molecular weight is 294 g/mol. The molecule has 0 aliphatic carbocycles. The summed E-state index contributed by atoms with van der Waals surface area (Å²) in [5.74, 6) is 1.25. The van der Waals surface area contributed by atoms with Gasteiger partial charge >= 0.3 is 0 Å².